The van der Waals surface area contributed by atoms with Crippen LogP contribution in [0.5, 0.6) is 0 Å². The highest BCUT2D eigenvalue weighted by Crippen LogP contribution is 2.58. The van der Waals surface area contributed by atoms with Crippen molar-refractivity contribution < 1.29 is 0 Å². The van der Waals surface area contributed by atoms with E-state index in [1.807, 2.05) is 18.2 Å². The smallest absolute Gasteiger partial charge is 0.160 e. The van der Waals surface area contributed by atoms with E-state index in [0.717, 1.165) is 39.5 Å². The second kappa shape index (κ2) is 13.6. The first kappa shape index (κ1) is 34.4. The van der Waals surface area contributed by atoms with Gasteiger partial charge < -0.3 is 0 Å². The predicted octanol–water partition coefficient (Wildman–Crippen LogP) is 15.8. The standard InChI is InChI=1S/C59H40N2/c1-2-12-39(13-3-1)59-60-55(35-56(61-59)49-20-9-14-38-11-4-5-17-45(38)49)43-16-8-15-40(31-43)36-23-25-37(26-24-36)41-29-30-46-42-27-28-44(32-42)57-51-22-10-21-50-47-18-6-7-19-48(47)53(58(50)51)34-54(57)52(46)33-41/h1-26,29-31,33-35,42,44H,27-28,32H2. The van der Waals surface area contributed by atoms with Crippen molar-refractivity contribution in [1.29, 1.82) is 0 Å². The summed E-state index contributed by atoms with van der Waals surface area (Å²) >= 11 is 0. The predicted molar refractivity (Wildman–Crippen MR) is 253 cm³/mol. The number of hydrogen-bond acceptors (Lipinski definition) is 2. The van der Waals surface area contributed by atoms with Gasteiger partial charge in [0.1, 0.15) is 0 Å². The maximum atomic E-state index is 5.17. The zero-order valence-corrected chi connectivity index (χ0v) is 33.6. The first-order valence-electron chi connectivity index (χ1n) is 21.7. The minimum atomic E-state index is 0.594. The molecular formula is C59H40N2. The summed E-state index contributed by atoms with van der Waals surface area (Å²) in [4.78, 5) is 10.3. The molecule has 1 saturated carbocycles. The van der Waals surface area contributed by atoms with Crippen LogP contribution in [0.15, 0.2) is 194 Å². The SMILES string of the molecule is c1ccc(-c2nc(-c3cccc(-c4ccc(-c5ccc6c(c5)-c5cc7c8c(cccc8c5C5CCC6C5)-c5ccccc5-7)cc4)c3)cc(-c3cccc4ccccc34)n2)cc1. The van der Waals surface area contributed by atoms with Crippen molar-refractivity contribution in [2.24, 2.45) is 0 Å². The van der Waals surface area contributed by atoms with Gasteiger partial charge in [-0.25, -0.2) is 9.97 Å². The lowest BCUT2D eigenvalue weighted by Gasteiger charge is -2.21. The summed E-state index contributed by atoms with van der Waals surface area (Å²) in [5.41, 5.74) is 21.3. The maximum Gasteiger partial charge on any atom is 0.160 e. The van der Waals surface area contributed by atoms with E-state index in [2.05, 4.69) is 176 Å². The average molecular weight is 777 g/mol. The Kier molecular flexibility index (Phi) is 7.65. The van der Waals surface area contributed by atoms with E-state index >= 15 is 0 Å². The summed E-state index contributed by atoms with van der Waals surface area (Å²) < 4.78 is 0. The van der Waals surface area contributed by atoms with Crippen molar-refractivity contribution in [1.82, 2.24) is 9.97 Å². The molecule has 3 aliphatic rings. The van der Waals surface area contributed by atoms with Gasteiger partial charge in [-0.15, -0.1) is 0 Å². The third-order valence-corrected chi connectivity index (χ3v) is 13.9. The van der Waals surface area contributed by atoms with Crippen molar-refractivity contribution in [3.05, 3.63) is 205 Å². The van der Waals surface area contributed by atoms with E-state index in [1.165, 1.54) is 96.4 Å². The molecular weight excluding hydrogens is 737 g/mol. The molecule has 2 atom stereocenters. The van der Waals surface area contributed by atoms with Crippen molar-refractivity contribution >= 4 is 21.5 Å². The quantitative estimate of drug-likeness (QED) is 0.174. The van der Waals surface area contributed by atoms with E-state index in [1.54, 1.807) is 5.56 Å². The summed E-state index contributed by atoms with van der Waals surface area (Å²) in [6, 6.07) is 71.2. The van der Waals surface area contributed by atoms with Crippen LogP contribution < -0.4 is 0 Å². The summed E-state index contributed by atoms with van der Waals surface area (Å²) in [5.74, 6) is 1.92. The second-order valence-corrected chi connectivity index (χ2v) is 17.2. The van der Waals surface area contributed by atoms with E-state index in [9.17, 15) is 0 Å². The van der Waals surface area contributed by atoms with Crippen molar-refractivity contribution in [2.75, 3.05) is 0 Å². The van der Waals surface area contributed by atoms with E-state index < -0.39 is 0 Å². The fraction of sp³-hybridized carbons (Fsp3) is 0.0847. The first-order chi connectivity index (χ1) is 30.2. The van der Waals surface area contributed by atoms with Gasteiger partial charge in [-0.2, -0.15) is 0 Å². The van der Waals surface area contributed by atoms with E-state index in [4.69, 9.17) is 9.97 Å². The highest BCUT2D eigenvalue weighted by Gasteiger charge is 2.37. The number of nitrogens with zero attached hydrogens (tertiary/aromatic N) is 2. The van der Waals surface area contributed by atoms with Gasteiger partial charge in [-0.05, 0) is 144 Å². The fourth-order valence-electron chi connectivity index (χ4n) is 11.0. The van der Waals surface area contributed by atoms with Crippen LogP contribution in [0.2, 0.25) is 0 Å². The van der Waals surface area contributed by atoms with Gasteiger partial charge >= 0.3 is 0 Å². The van der Waals surface area contributed by atoms with Crippen molar-refractivity contribution in [3.63, 3.8) is 0 Å². The zero-order chi connectivity index (χ0) is 40.0. The Bertz CT molecular complexity index is 3390. The molecule has 0 N–H and O–H groups in total. The number of aromatic nitrogens is 2. The van der Waals surface area contributed by atoms with Gasteiger partial charge in [0, 0.05) is 16.7 Å². The lowest BCUT2D eigenvalue weighted by atomic mass is 9.82. The highest BCUT2D eigenvalue weighted by molar-refractivity contribution is 6.18. The van der Waals surface area contributed by atoms with Gasteiger partial charge in [0.2, 0.25) is 0 Å². The van der Waals surface area contributed by atoms with Gasteiger partial charge in [0.05, 0.1) is 11.4 Å². The molecule has 2 unspecified atom stereocenters. The topological polar surface area (TPSA) is 25.8 Å². The zero-order valence-electron chi connectivity index (χ0n) is 33.6. The Morgan fingerprint density at radius 1 is 0.344 bits per heavy atom. The Morgan fingerprint density at radius 3 is 1.82 bits per heavy atom. The van der Waals surface area contributed by atoms with Gasteiger partial charge in [0.15, 0.2) is 5.82 Å². The maximum absolute atomic E-state index is 5.17. The molecule has 1 aromatic heterocycles. The second-order valence-electron chi connectivity index (χ2n) is 17.2. The van der Waals surface area contributed by atoms with Gasteiger partial charge in [-0.1, -0.05) is 170 Å². The van der Waals surface area contributed by atoms with Gasteiger partial charge in [-0.3, -0.25) is 0 Å². The fourth-order valence-corrected chi connectivity index (χ4v) is 11.0. The minimum absolute atomic E-state index is 0.594. The molecule has 2 bridgehead atoms. The third kappa shape index (κ3) is 5.49. The molecule has 61 heavy (non-hydrogen) atoms. The monoisotopic (exact) mass is 776 g/mol. The molecule has 1 fully saturated rings. The number of benzene rings is 9. The van der Waals surface area contributed by atoms with Crippen LogP contribution in [-0.4, -0.2) is 9.97 Å². The normalized spacial score (nSPS) is 15.7. The van der Waals surface area contributed by atoms with Crippen LogP contribution in [0.1, 0.15) is 42.2 Å². The van der Waals surface area contributed by atoms with Crippen molar-refractivity contribution in [2.45, 2.75) is 31.1 Å². The first-order valence-corrected chi connectivity index (χ1v) is 21.7. The molecule has 1 heterocycles. The van der Waals surface area contributed by atoms with Crippen LogP contribution in [0.3, 0.4) is 0 Å². The van der Waals surface area contributed by atoms with Crippen LogP contribution in [0.25, 0.3) is 111 Å². The molecule has 0 saturated heterocycles. The summed E-state index contributed by atoms with van der Waals surface area (Å²) in [6.07, 6.45) is 3.77. The molecule has 0 radical (unpaired) electrons. The Hall–Kier alpha value is -7.42. The van der Waals surface area contributed by atoms with Crippen LogP contribution in [-0.2, 0) is 0 Å². The third-order valence-electron chi connectivity index (χ3n) is 13.9. The largest absolute Gasteiger partial charge is 0.228 e. The molecule has 10 aromatic rings. The molecule has 3 aliphatic carbocycles. The molecule has 0 amide bonds. The van der Waals surface area contributed by atoms with E-state index in [0.29, 0.717) is 11.8 Å². The van der Waals surface area contributed by atoms with Crippen molar-refractivity contribution in [3.8, 4) is 89.5 Å². The van der Waals surface area contributed by atoms with E-state index in [-0.39, 0.29) is 0 Å². The minimum Gasteiger partial charge on any atom is -0.228 e. The molecule has 0 spiro atoms. The lowest BCUT2D eigenvalue weighted by Crippen LogP contribution is -1.99. The molecule has 2 nitrogen and oxygen atoms in total. The Labute approximate surface area is 355 Å². The average Bonchev–Trinajstić information content (AvgIpc) is 3.92. The molecule has 9 aromatic carbocycles. The lowest BCUT2D eigenvalue weighted by molar-refractivity contribution is 0.700. The molecule has 13 rings (SSSR count). The Balaban J connectivity index is 0.883. The number of rotatable bonds is 5. The van der Waals surface area contributed by atoms with Crippen LogP contribution in [0, 0.1) is 0 Å². The van der Waals surface area contributed by atoms with Crippen LogP contribution in [0.4, 0.5) is 0 Å². The summed E-state index contributed by atoms with van der Waals surface area (Å²) in [7, 11) is 0. The number of hydrogen-bond donors (Lipinski definition) is 0. The van der Waals surface area contributed by atoms with Gasteiger partial charge in [0.25, 0.3) is 0 Å². The number of fused-ring (bicyclic) bond motifs is 12. The Morgan fingerprint density at radius 2 is 0.951 bits per heavy atom. The summed E-state index contributed by atoms with van der Waals surface area (Å²) in [5, 5.41) is 5.29. The molecule has 2 heteroatoms. The molecule has 0 aliphatic heterocycles. The molecule has 286 valence electrons. The van der Waals surface area contributed by atoms with Crippen LogP contribution >= 0.6 is 0 Å². The highest BCUT2D eigenvalue weighted by atomic mass is 14.9. The summed E-state index contributed by atoms with van der Waals surface area (Å²) in [6.45, 7) is 0.